The Balaban J connectivity index is 1.71. The van der Waals surface area contributed by atoms with Gasteiger partial charge in [0.15, 0.2) is 0 Å². The second kappa shape index (κ2) is 8.25. The summed E-state index contributed by atoms with van der Waals surface area (Å²) in [6, 6.07) is 5.17. The minimum absolute atomic E-state index is 0.319. The topological polar surface area (TPSA) is 39.6 Å². The molecule has 0 radical (unpaired) electrons. The lowest BCUT2D eigenvalue weighted by molar-refractivity contribution is -0.289. The number of pyridine rings is 1. The SMILES string of the molecule is OC1CCN([C@H]2C(c3cncc(F)c3)=CC=CN2c2ccc(C(F)(F)C(F)(F)F)cc2)C1. The molecule has 1 unspecified atom stereocenters. The lowest BCUT2D eigenvalue weighted by Crippen LogP contribution is -2.47. The van der Waals surface area contributed by atoms with Gasteiger partial charge in [-0.3, -0.25) is 9.88 Å². The Labute approximate surface area is 180 Å². The fraction of sp³-hybridized carbons (Fsp3) is 0.318. The number of nitrogens with zero attached hydrogens (tertiary/aromatic N) is 3. The van der Waals surface area contributed by atoms with Crippen molar-refractivity contribution >= 4 is 11.3 Å². The molecule has 2 aromatic rings. The van der Waals surface area contributed by atoms with Crippen molar-refractivity contribution in [1.29, 1.82) is 0 Å². The Morgan fingerprint density at radius 1 is 1.03 bits per heavy atom. The van der Waals surface area contributed by atoms with Gasteiger partial charge in [0.05, 0.1) is 12.3 Å². The van der Waals surface area contributed by atoms with Crippen LogP contribution >= 0.6 is 0 Å². The van der Waals surface area contributed by atoms with Crippen LogP contribution in [0.25, 0.3) is 5.57 Å². The van der Waals surface area contributed by atoms with E-state index in [4.69, 9.17) is 0 Å². The molecule has 3 heterocycles. The van der Waals surface area contributed by atoms with Crippen LogP contribution < -0.4 is 4.90 Å². The highest BCUT2D eigenvalue weighted by Crippen LogP contribution is 2.44. The first kappa shape index (κ1) is 22.3. The molecule has 0 amide bonds. The highest BCUT2D eigenvalue weighted by atomic mass is 19.4. The highest BCUT2D eigenvalue weighted by Gasteiger charge is 2.58. The molecule has 1 aromatic heterocycles. The Morgan fingerprint density at radius 3 is 2.34 bits per heavy atom. The number of halogens is 6. The summed E-state index contributed by atoms with van der Waals surface area (Å²) >= 11 is 0. The van der Waals surface area contributed by atoms with E-state index < -0.39 is 35.7 Å². The number of likely N-dealkylation sites (tertiary alicyclic amines) is 1. The van der Waals surface area contributed by atoms with E-state index in [0.717, 1.165) is 18.3 Å². The van der Waals surface area contributed by atoms with Crippen molar-refractivity contribution in [2.24, 2.45) is 0 Å². The number of anilines is 1. The molecule has 10 heteroatoms. The third-order valence-electron chi connectivity index (χ3n) is 5.53. The van der Waals surface area contributed by atoms with Gasteiger partial charge in [-0.15, -0.1) is 0 Å². The van der Waals surface area contributed by atoms with E-state index in [1.807, 2.05) is 4.90 Å². The summed E-state index contributed by atoms with van der Waals surface area (Å²) in [4.78, 5) is 7.50. The third kappa shape index (κ3) is 4.12. The molecule has 4 rings (SSSR count). The fourth-order valence-electron chi connectivity index (χ4n) is 3.97. The molecule has 32 heavy (non-hydrogen) atoms. The molecule has 1 aromatic carbocycles. The number of aromatic nitrogens is 1. The lowest BCUT2D eigenvalue weighted by Gasteiger charge is -2.40. The number of allylic oxidation sites excluding steroid dienone is 2. The first-order valence-corrected chi connectivity index (χ1v) is 9.83. The molecular weight excluding hydrogens is 436 g/mol. The van der Waals surface area contributed by atoms with E-state index in [9.17, 15) is 31.4 Å². The Hall–Kier alpha value is -2.85. The van der Waals surface area contributed by atoms with Gasteiger partial charge in [-0.1, -0.05) is 18.2 Å². The summed E-state index contributed by atoms with van der Waals surface area (Å²) in [5.74, 6) is -5.51. The molecule has 4 nitrogen and oxygen atoms in total. The average molecular weight is 455 g/mol. The predicted molar refractivity (Wildman–Crippen MR) is 106 cm³/mol. The number of β-amino-alcohol motifs (C(OH)–C–C–N with tert-alkyl or cyclic N) is 1. The van der Waals surface area contributed by atoms with Crippen molar-refractivity contribution in [3.05, 3.63) is 78.0 Å². The molecule has 1 fully saturated rings. The lowest BCUT2D eigenvalue weighted by atomic mass is 9.99. The van der Waals surface area contributed by atoms with E-state index in [1.165, 1.54) is 24.4 Å². The molecule has 0 bridgehead atoms. The first-order chi connectivity index (χ1) is 15.1. The number of aliphatic hydroxyl groups excluding tert-OH is 1. The molecule has 2 aliphatic rings. The number of aliphatic hydroxyl groups is 1. The summed E-state index contributed by atoms with van der Waals surface area (Å²) in [6.07, 6.45) is 1.33. The summed E-state index contributed by atoms with van der Waals surface area (Å²) in [5.41, 5.74) is 0.349. The van der Waals surface area contributed by atoms with Crippen molar-refractivity contribution in [2.45, 2.75) is 30.8 Å². The van der Waals surface area contributed by atoms with Crippen molar-refractivity contribution in [1.82, 2.24) is 9.88 Å². The monoisotopic (exact) mass is 455 g/mol. The molecular formula is C22H19F6N3O. The van der Waals surface area contributed by atoms with Gasteiger partial charge in [-0.2, -0.15) is 22.0 Å². The molecule has 0 aliphatic carbocycles. The van der Waals surface area contributed by atoms with Crippen LogP contribution in [-0.2, 0) is 5.92 Å². The minimum Gasteiger partial charge on any atom is -0.392 e. The zero-order valence-corrected chi connectivity index (χ0v) is 16.6. The van der Waals surface area contributed by atoms with Crippen LogP contribution in [0.3, 0.4) is 0 Å². The van der Waals surface area contributed by atoms with Gasteiger partial charge in [0.1, 0.15) is 12.0 Å². The normalized spacial score (nSPS) is 22.3. The fourth-order valence-corrected chi connectivity index (χ4v) is 3.97. The predicted octanol–water partition coefficient (Wildman–Crippen LogP) is 4.68. The maximum absolute atomic E-state index is 13.8. The van der Waals surface area contributed by atoms with E-state index in [0.29, 0.717) is 36.3 Å². The number of hydrogen-bond donors (Lipinski definition) is 1. The van der Waals surface area contributed by atoms with Crippen LogP contribution in [-0.4, -0.2) is 46.5 Å². The van der Waals surface area contributed by atoms with Gasteiger partial charge in [-0.05, 0) is 36.3 Å². The van der Waals surface area contributed by atoms with Crippen LogP contribution in [0.4, 0.5) is 32.0 Å². The largest absolute Gasteiger partial charge is 0.458 e. The van der Waals surface area contributed by atoms with Gasteiger partial charge in [0.25, 0.3) is 0 Å². The maximum Gasteiger partial charge on any atom is 0.458 e. The van der Waals surface area contributed by atoms with Gasteiger partial charge in [0, 0.05) is 42.3 Å². The van der Waals surface area contributed by atoms with Crippen molar-refractivity contribution in [3.63, 3.8) is 0 Å². The summed E-state index contributed by atoms with van der Waals surface area (Å²) in [6.45, 7) is 0.833. The van der Waals surface area contributed by atoms with Crippen molar-refractivity contribution < 1.29 is 31.4 Å². The maximum atomic E-state index is 13.8. The minimum atomic E-state index is -5.70. The van der Waals surface area contributed by atoms with Crippen LogP contribution in [0.5, 0.6) is 0 Å². The third-order valence-corrected chi connectivity index (χ3v) is 5.53. The number of hydrogen-bond acceptors (Lipinski definition) is 4. The standard InChI is InChI=1S/C22H19F6N3O/c23-16-10-14(11-29-12-16)19-2-1-8-31(20(19)30-9-7-18(32)13-30)17-5-3-15(4-6-17)21(24,25)22(26,27)28/h1-6,8,10-12,18,20,32H,7,9,13H2/t18?,20-/m1/s1. The molecule has 1 saturated heterocycles. The van der Waals surface area contributed by atoms with Gasteiger partial charge in [-0.25, -0.2) is 4.39 Å². The van der Waals surface area contributed by atoms with Gasteiger partial charge < -0.3 is 10.0 Å². The highest BCUT2D eigenvalue weighted by molar-refractivity contribution is 5.76. The summed E-state index contributed by atoms with van der Waals surface area (Å²) in [5, 5.41) is 10.0. The van der Waals surface area contributed by atoms with Crippen LogP contribution in [0.2, 0.25) is 0 Å². The molecule has 1 N–H and O–H groups in total. The first-order valence-electron chi connectivity index (χ1n) is 9.83. The average Bonchev–Trinajstić information content (AvgIpc) is 3.18. The van der Waals surface area contributed by atoms with E-state index in [-0.39, 0.29) is 0 Å². The summed E-state index contributed by atoms with van der Waals surface area (Å²) < 4.78 is 79.3. The Bertz CT molecular complexity index is 1030. The van der Waals surface area contributed by atoms with Crippen LogP contribution in [0, 0.1) is 5.82 Å². The quantitative estimate of drug-likeness (QED) is 0.680. The smallest absolute Gasteiger partial charge is 0.392 e. The second-order valence-corrected chi connectivity index (χ2v) is 7.69. The Kier molecular flexibility index (Phi) is 5.76. The molecule has 0 saturated carbocycles. The molecule has 0 spiro atoms. The van der Waals surface area contributed by atoms with Crippen LogP contribution in [0.15, 0.2) is 61.1 Å². The van der Waals surface area contributed by atoms with Crippen molar-refractivity contribution in [3.8, 4) is 0 Å². The van der Waals surface area contributed by atoms with Crippen molar-refractivity contribution in [2.75, 3.05) is 18.0 Å². The van der Waals surface area contributed by atoms with E-state index in [1.54, 1.807) is 23.3 Å². The van der Waals surface area contributed by atoms with Crippen LogP contribution in [0.1, 0.15) is 17.5 Å². The molecule has 2 atom stereocenters. The van der Waals surface area contributed by atoms with E-state index >= 15 is 0 Å². The zero-order chi connectivity index (χ0) is 23.1. The molecule has 170 valence electrons. The van der Waals surface area contributed by atoms with Gasteiger partial charge in [0.2, 0.25) is 0 Å². The second-order valence-electron chi connectivity index (χ2n) is 7.69. The number of rotatable bonds is 4. The summed E-state index contributed by atoms with van der Waals surface area (Å²) in [7, 11) is 0. The van der Waals surface area contributed by atoms with E-state index in [2.05, 4.69) is 4.98 Å². The molecule has 2 aliphatic heterocycles. The number of alkyl halides is 5. The van der Waals surface area contributed by atoms with Gasteiger partial charge >= 0.3 is 12.1 Å². The zero-order valence-electron chi connectivity index (χ0n) is 16.6. The Morgan fingerprint density at radius 2 is 1.75 bits per heavy atom. The number of benzene rings is 1.